The Hall–Kier alpha value is -2.42. The first-order chi connectivity index (χ1) is 10.5. The van der Waals surface area contributed by atoms with Crippen LogP contribution in [0.1, 0.15) is 12.8 Å². The first-order valence-electron chi connectivity index (χ1n) is 6.82. The van der Waals surface area contributed by atoms with Crippen LogP contribution in [0.4, 0.5) is 16.3 Å². The summed E-state index contributed by atoms with van der Waals surface area (Å²) in [5, 5.41) is 22.5. The predicted octanol–water partition coefficient (Wildman–Crippen LogP) is 1.24. The first-order valence-corrected chi connectivity index (χ1v) is 6.82. The SMILES string of the molecule is COCC1(NC(=O)O)CCN(c2cccnc2[N+](=O)[O-])CC1. The molecule has 0 saturated carbocycles. The Morgan fingerprint density at radius 1 is 1.59 bits per heavy atom. The molecule has 22 heavy (non-hydrogen) atoms. The van der Waals surface area contributed by atoms with E-state index in [4.69, 9.17) is 9.84 Å². The Labute approximate surface area is 127 Å². The largest absolute Gasteiger partial charge is 0.465 e. The number of anilines is 1. The van der Waals surface area contributed by atoms with Crippen molar-refractivity contribution in [1.82, 2.24) is 10.3 Å². The Kier molecular flexibility index (Phi) is 4.76. The van der Waals surface area contributed by atoms with E-state index in [9.17, 15) is 14.9 Å². The summed E-state index contributed by atoms with van der Waals surface area (Å²) in [5.41, 5.74) is -0.206. The molecule has 9 heteroatoms. The third-order valence-corrected chi connectivity index (χ3v) is 3.79. The lowest BCUT2D eigenvalue weighted by Gasteiger charge is -2.41. The fourth-order valence-corrected chi connectivity index (χ4v) is 2.76. The number of rotatable bonds is 5. The van der Waals surface area contributed by atoms with Crippen LogP contribution in [-0.2, 0) is 4.74 Å². The van der Waals surface area contributed by atoms with Crippen molar-refractivity contribution in [3.05, 3.63) is 28.4 Å². The van der Waals surface area contributed by atoms with Gasteiger partial charge in [-0.3, -0.25) is 0 Å². The smallest absolute Gasteiger partial charge is 0.405 e. The third-order valence-electron chi connectivity index (χ3n) is 3.79. The predicted molar refractivity (Wildman–Crippen MR) is 78.1 cm³/mol. The number of nitrogens with zero attached hydrogens (tertiary/aromatic N) is 3. The van der Waals surface area contributed by atoms with Crippen LogP contribution in [0.2, 0.25) is 0 Å². The summed E-state index contributed by atoms with van der Waals surface area (Å²) in [4.78, 5) is 27.1. The molecule has 1 aromatic heterocycles. The zero-order valence-electron chi connectivity index (χ0n) is 12.2. The van der Waals surface area contributed by atoms with Gasteiger partial charge >= 0.3 is 11.9 Å². The van der Waals surface area contributed by atoms with E-state index in [2.05, 4.69) is 10.3 Å². The number of carbonyl (C=O) groups is 1. The molecule has 9 nitrogen and oxygen atoms in total. The highest BCUT2D eigenvalue weighted by Gasteiger charge is 2.37. The van der Waals surface area contributed by atoms with Gasteiger partial charge in [0.05, 0.1) is 12.1 Å². The van der Waals surface area contributed by atoms with Gasteiger partial charge in [-0.2, -0.15) is 0 Å². The fourth-order valence-electron chi connectivity index (χ4n) is 2.76. The van der Waals surface area contributed by atoms with Gasteiger partial charge in [-0.05, 0) is 34.9 Å². The number of hydrogen-bond acceptors (Lipinski definition) is 6. The summed E-state index contributed by atoms with van der Waals surface area (Å²) in [6.07, 6.45) is 1.28. The lowest BCUT2D eigenvalue weighted by Crippen LogP contribution is -2.57. The van der Waals surface area contributed by atoms with Crippen LogP contribution in [0.3, 0.4) is 0 Å². The topological polar surface area (TPSA) is 118 Å². The fraction of sp³-hybridized carbons (Fsp3) is 0.538. The van der Waals surface area contributed by atoms with E-state index in [1.54, 1.807) is 12.1 Å². The van der Waals surface area contributed by atoms with E-state index in [0.29, 0.717) is 31.6 Å². The van der Waals surface area contributed by atoms with Crippen LogP contribution in [0.15, 0.2) is 18.3 Å². The van der Waals surface area contributed by atoms with Crippen LogP contribution < -0.4 is 10.2 Å². The van der Waals surface area contributed by atoms with Crippen molar-refractivity contribution in [3.63, 3.8) is 0 Å². The molecule has 0 aromatic carbocycles. The first kappa shape index (κ1) is 16.0. The molecule has 0 radical (unpaired) electrons. The second kappa shape index (κ2) is 6.56. The Balaban J connectivity index is 2.14. The van der Waals surface area contributed by atoms with E-state index in [-0.39, 0.29) is 12.4 Å². The van der Waals surface area contributed by atoms with E-state index in [1.165, 1.54) is 13.3 Å². The van der Waals surface area contributed by atoms with Crippen LogP contribution in [-0.4, -0.2) is 53.5 Å². The summed E-state index contributed by atoms with van der Waals surface area (Å²) in [7, 11) is 1.52. The number of hydrogen-bond donors (Lipinski definition) is 2. The van der Waals surface area contributed by atoms with Crippen molar-refractivity contribution >= 4 is 17.6 Å². The number of ether oxygens (including phenoxy) is 1. The van der Waals surface area contributed by atoms with Crippen LogP contribution >= 0.6 is 0 Å². The van der Waals surface area contributed by atoms with Gasteiger partial charge in [0, 0.05) is 20.2 Å². The van der Waals surface area contributed by atoms with Gasteiger partial charge in [0.1, 0.15) is 11.9 Å². The number of aromatic nitrogens is 1. The maximum atomic E-state index is 11.0. The number of nitro groups is 1. The number of methoxy groups -OCH3 is 1. The molecule has 0 atom stereocenters. The molecule has 2 N–H and O–H groups in total. The molecule has 0 spiro atoms. The Morgan fingerprint density at radius 2 is 2.27 bits per heavy atom. The van der Waals surface area contributed by atoms with Crippen molar-refractivity contribution in [2.75, 3.05) is 31.7 Å². The van der Waals surface area contributed by atoms with Crippen molar-refractivity contribution in [1.29, 1.82) is 0 Å². The number of nitrogens with one attached hydrogen (secondary N) is 1. The molecular formula is C13H18N4O5. The van der Waals surface area contributed by atoms with Crippen molar-refractivity contribution in [2.45, 2.75) is 18.4 Å². The summed E-state index contributed by atoms with van der Waals surface area (Å²) in [6.45, 7) is 1.23. The van der Waals surface area contributed by atoms with Gasteiger partial charge in [0.25, 0.3) is 0 Å². The standard InChI is InChI=1S/C13H18N4O5/c1-22-9-13(15-12(18)19)4-7-16(8-5-13)10-3-2-6-14-11(10)17(20)21/h2-3,6,15H,4-5,7-9H2,1H3,(H,18,19). The van der Waals surface area contributed by atoms with E-state index in [0.717, 1.165) is 0 Å². The van der Waals surface area contributed by atoms with Crippen LogP contribution in [0.25, 0.3) is 0 Å². The lowest BCUT2D eigenvalue weighted by atomic mass is 9.88. The molecule has 1 saturated heterocycles. The zero-order chi connectivity index (χ0) is 16.2. The summed E-state index contributed by atoms with van der Waals surface area (Å²) in [5.74, 6) is -0.187. The average molecular weight is 310 g/mol. The number of pyridine rings is 1. The molecule has 1 aliphatic rings. The zero-order valence-corrected chi connectivity index (χ0v) is 12.2. The highest BCUT2D eigenvalue weighted by atomic mass is 16.6. The lowest BCUT2D eigenvalue weighted by molar-refractivity contribution is -0.388. The van der Waals surface area contributed by atoms with Crippen molar-refractivity contribution in [2.24, 2.45) is 0 Å². The molecular weight excluding hydrogens is 292 g/mol. The summed E-state index contributed by atoms with van der Waals surface area (Å²) >= 11 is 0. The minimum Gasteiger partial charge on any atom is -0.465 e. The Bertz CT molecular complexity index is 557. The van der Waals surface area contributed by atoms with Crippen LogP contribution in [0.5, 0.6) is 0 Å². The minimum absolute atomic E-state index is 0.187. The maximum absolute atomic E-state index is 11.0. The van der Waals surface area contributed by atoms with Gasteiger partial charge in [-0.1, -0.05) is 0 Å². The van der Waals surface area contributed by atoms with Gasteiger partial charge in [0.15, 0.2) is 0 Å². The summed E-state index contributed by atoms with van der Waals surface area (Å²) < 4.78 is 5.12. The molecule has 0 bridgehead atoms. The molecule has 1 amide bonds. The quantitative estimate of drug-likeness (QED) is 0.620. The van der Waals surface area contributed by atoms with Gasteiger partial charge in [-0.15, -0.1) is 0 Å². The second-order valence-electron chi connectivity index (χ2n) is 5.23. The molecule has 2 heterocycles. The van der Waals surface area contributed by atoms with E-state index in [1.807, 2.05) is 4.90 Å². The molecule has 1 aromatic rings. The molecule has 1 aliphatic heterocycles. The number of amides is 1. The number of piperidine rings is 1. The highest BCUT2D eigenvalue weighted by molar-refractivity contribution is 5.66. The van der Waals surface area contributed by atoms with E-state index >= 15 is 0 Å². The maximum Gasteiger partial charge on any atom is 0.405 e. The van der Waals surface area contributed by atoms with Gasteiger partial charge < -0.3 is 30.2 Å². The molecule has 1 fully saturated rings. The van der Waals surface area contributed by atoms with Crippen molar-refractivity contribution in [3.8, 4) is 0 Å². The normalized spacial score (nSPS) is 17.0. The van der Waals surface area contributed by atoms with E-state index < -0.39 is 16.6 Å². The Morgan fingerprint density at radius 3 is 2.82 bits per heavy atom. The van der Waals surface area contributed by atoms with Crippen LogP contribution in [0, 0.1) is 10.1 Å². The average Bonchev–Trinajstić information content (AvgIpc) is 2.47. The van der Waals surface area contributed by atoms with Gasteiger partial charge in [-0.25, -0.2) is 4.79 Å². The molecule has 0 aliphatic carbocycles. The third kappa shape index (κ3) is 3.42. The minimum atomic E-state index is -1.10. The van der Waals surface area contributed by atoms with Gasteiger partial charge in [0.2, 0.25) is 0 Å². The monoisotopic (exact) mass is 310 g/mol. The molecule has 2 rings (SSSR count). The number of carboxylic acid groups (broad SMARTS) is 1. The van der Waals surface area contributed by atoms with Crippen molar-refractivity contribution < 1.29 is 19.6 Å². The molecule has 120 valence electrons. The highest BCUT2D eigenvalue weighted by Crippen LogP contribution is 2.31. The second-order valence-corrected chi connectivity index (χ2v) is 5.23. The molecule has 0 unspecified atom stereocenters. The summed E-state index contributed by atoms with van der Waals surface area (Å²) in [6, 6.07) is 3.30.